The summed E-state index contributed by atoms with van der Waals surface area (Å²) in [4.78, 5) is 28.6. The monoisotopic (exact) mass is 506 g/mol. The number of alkyl halides is 3. The summed E-state index contributed by atoms with van der Waals surface area (Å²) in [5.74, 6) is -0.278. The molecular formula is C24H22BrF3N2O2. The molecule has 4 nitrogen and oxygen atoms in total. The molecule has 2 amide bonds. The lowest BCUT2D eigenvalue weighted by Gasteiger charge is -2.53. The van der Waals surface area contributed by atoms with Gasteiger partial charge >= 0.3 is 6.18 Å². The smallest absolute Gasteiger partial charge is 0.339 e. The third kappa shape index (κ3) is 4.90. The van der Waals surface area contributed by atoms with Crippen LogP contribution in [0.15, 0.2) is 59.1 Å². The first-order valence-electron chi connectivity index (χ1n) is 10.3. The molecule has 0 saturated carbocycles. The normalized spacial score (nSPS) is 18.1. The van der Waals surface area contributed by atoms with E-state index in [9.17, 15) is 22.8 Å². The van der Waals surface area contributed by atoms with Crippen molar-refractivity contribution >= 4 is 33.8 Å². The van der Waals surface area contributed by atoms with E-state index in [1.807, 2.05) is 29.2 Å². The van der Waals surface area contributed by atoms with E-state index in [2.05, 4.69) is 15.9 Å². The fourth-order valence-corrected chi connectivity index (χ4v) is 4.52. The summed E-state index contributed by atoms with van der Waals surface area (Å²) in [7, 11) is 0. The van der Waals surface area contributed by atoms with Crippen LogP contribution in [0.1, 0.15) is 34.3 Å². The second-order valence-electron chi connectivity index (χ2n) is 8.45. The number of carbonyl (C=O) groups is 2. The Labute approximate surface area is 192 Å². The Morgan fingerprint density at radius 3 is 2.06 bits per heavy atom. The summed E-state index contributed by atoms with van der Waals surface area (Å²) >= 11 is 3.38. The van der Waals surface area contributed by atoms with Crippen molar-refractivity contribution < 1.29 is 22.8 Å². The van der Waals surface area contributed by atoms with Gasteiger partial charge in [-0.15, -0.1) is 0 Å². The molecule has 2 fully saturated rings. The minimum absolute atomic E-state index is 0.00618. The van der Waals surface area contributed by atoms with Crippen molar-refractivity contribution in [3.63, 3.8) is 0 Å². The Morgan fingerprint density at radius 2 is 1.50 bits per heavy atom. The first-order valence-corrected chi connectivity index (χ1v) is 11.1. The number of piperidine rings is 1. The minimum atomic E-state index is -4.42. The van der Waals surface area contributed by atoms with E-state index in [0.717, 1.165) is 35.0 Å². The van der Waals surface area contributed by atoms with E-state index in [0.29, 0.717) is 26.2 Å². The standard InChI is InChI=1S/C24H22BrF3N2O2/c25-20-8-1-17(2-9-20)3-10-21(31)29-13-11-23(12-14-29)15-30(16-23)22(32)18-4-6-19(7-5-18)24(26,27)28/h1-10H,11-16H2. The highest BCUT2D eigenvalue weighted by Gasteiger charge is 2.47. The van der Waals surface area contributed by atoms with Crippen LogP contribution in [0.4, 0.5) is 13.2 Å². The largest absolute Gasteiger partial charge is 0.416 e. The molecule has 0 atom stereocenters. The zero-order chi connectivity index (χ0) is 22.9. The highest BCUT2D eigenvalue weighted by molar-refractivity contribution is 9.10. The van der Waals surface area contributed by atoms with Crippen molar-refractivity contribution in [3.8, 4) is 0 Å². The number of nitrogens with zero attached hydrogens (tertiary/aromatic N) is 2. The molecule has 2 heterocycles. The number of hydrogen-bond donors (Lipinski definition) is 0. The van der Waals surface area contributed by atoms with Gasteiger partial charge in [-0.25, -0.2) is 0 Å². The molecular weight excluding hydrogens is 485 g/mol. The van der Waals surface area contributed by atoms with Crippen molar-refractivity contribution in [2.75, 3.05) is 26.2 Å². The molecule has 2 aromatic carbocycles. The van der Waals surface area contributed by atoms with E-state index in [1.165, 1.54) is 12.1 Å². The number of carbonyl (C=O) groups excluding carboxylic acids is 2. The quantitative estimate of drug-likeness (QED) is 0.533. The molecule has 0 aliphatic carbocycles. The van der Waals surface area contributed by atoms with Gasteiger partial charge in [-0.05, 0) is 60.9 Å². The SMILES string of the molecule is O=C(C=Cc1ccc(Br)cc1)N1CCC2(CC1)CN(C(=O)c1ccc(C(F)(F)F)cc1)C2. The average molecular weight is 507 g/mol. The topological polar surface area (TPSA) is 40.6 Å². The van der Waals surface area contributed by atoms with Gasteiger partial charge in [-0.3, -0.25) is 9.59 Å². The van der Waals surface area contributed by atoms with E-state index in [-0.39, 0.29) is 22.8 Å². The van der Waals surface area contributed by atoms with Gasteiger partial charge in [0.25, 0.3) is 5.91 Å². The fraction of sp³-hybridized carbons (Fsp3) is 0.333. The van der Waals surface area contributed by atoms with Crippen molar-refractivity contribution in [2.24, 2.45) is 5.41 Å². The van der Waals surface area contributed by atoms with Crippen LogP contribution < -0.4 is 0 Å². The van der Waals surface area contributed by atoms with Gasteiger partial charge in [0.15, 0.2) is 0 Å². The molecule has 8 heteroatoms. The fourth-order valence-electron chi connectivity index (χ4n) is 4.26. The number of rotatable bonds is 3. The van der Waals surface area contributed by atoms with Crippen LogP contribution in [0.3, 0.4) is 0 Å². The number of amides is 2. The van der Waals surface area contributed by atoms with Crippen LogP contribution in [0.5, 0.6) is 0 Å². The van der Waals surface area contributed by atoms with Crippen LogP contribution in [0.25, 0.3) is 6.08 Å². The lowest BCUT2D eigenvalue weighted by atomic mass is 9.71. The van der Waals surface area contributed by atoms with Crippen molar-refractivity contribution in [1.29, 1.82) is 0 Å². The molecule has 2 aromatic rings. The van der Waals surface area contributed by atoms with Crippen molar-refractivity contribution in [3.05, 3.63) is 75.8 Å². The molecule has 0 bridgehead atoms. The molecule has 4 rings (SSSR count). The molecule has 1 spiro atoms. The molecule has 0 aromatic heterocycles. The second kappa shape index (κ2) is 8.73. The van der Waals surface area contributed by atoms with Gasteiger partial charge in [0.1, 0.15) is 0 Å². The molecule has 32 heavy (non-hydrogen) atoms. The van der Waals surface area contributed by atoms with Gasteiger partial charge < -0.3 is 9.80 Å². The maximum atomic E-state index is 12.7. The first kappa shape index (κ1) is 22.6. The predicted molar refractivity (Wildman–Crippen MR) is 119 cm³/mol. The van der Waals surface area contributed by atoms with E-state index < -0.39 is 11.7 Å². The highest BCUT2D eigenvalue weighted by Crippen LogP contribution is 2.41. The molecule has 0 N–H and O–H groups in total. The summed E-state index contributed by atoms with van der Waals surface area (Å²) in [6.45, 7) is 2.41. The van der Waals surface area contributed by atoms with E-state index in [4.69, 9.17) is 0 Å². The Bertz CT molecular complexity index is 1020. The van der Waals surface area contributed by atoms with Crippen molar-refractivity contribution in [2.45, 2.75) is 19.0 Å². The Balaban J connectivity index is 1.27. The van der Waals surface area contributed by atoms with Gasteiger partial charge in [-0.1, -0.05) is 28.1 Å². The predicted octanol–water partition coefficient (Wildman–Crippen LogP) is 5.25. The van der Waals surface area contributed by atoms with Crippen LogP contribution in [-0.4, -0.2) is 47.8 Å². The number of likely N-dealkylation sites (tertiary alicyclic amines) is 2. The van der Waals surface area contributed by atoms with Gasteiger partial charge in [0.05, 0.1) is 5.56 Å². The van der Waals surface area contributed by atoms with Gasteiger partial charge in [0.2, 0.25) is 5.91 Å². The summed E-state index contributed by atoms with van der Waals surface area (Å²) in [5, 5.41) is 0. The van der Waals surface area contributed by atoms with Crippen LogP contribution in [0.2, 0.25) is 0 Å². The number of halogens is 4. The molecule has 2 aliphatic heterocycles. The highest BCUT2D eigenvalue weighted by atomic mass is 79.9. The Kier molecular flexibility index (Phi) is 6.16. The van der Waals surface area contributed by atoms with Crippen LogP contribution in [-0.2, 0) is 11.0 Å². The molecule has 0 radical (unpaired) electrons. The summed E-state index contributed by atoms with van der Waals surface area (Å²) in [6.07, 6.45) is 0.583. The Morgan fingerprint density at radius 1 is 0.906 bits per heavy atom. The zero-order valence-corrected chi connectivity index (χ0v) is 18.8. The van der Waals surface area contributed by atoms with Gasteiger partial charge in [-0.2, -0.15) is 13.2 Å². The first-order chi connectivity index (χ1) is 15.2. The van der Waals surface area contributed by atoms with E-state index >= 15 is 0 Å². The molecule has 2 aliphatic rings. The molecule has 2 saturated heterocycles. The lowest BCUT2D eigenvalue weighted by Crippen LogP contribution is -2.62. The number of benzene rings is 2. The Hall–Kier alpha value is -2.61. The summed E-state index contributed by atoms with van der Waals surface area (Å²) in [5.41, 5.74) is 0.443. The maximum absolute atomic E-state index is 12.7. The van der Waals surface area contributed by atoms with Crippen LogP contribution in [0, 0.1) is 5.41 Å². The third-order valence-corrected chi connectivity index (χ3v) is 6.75. The summed E-state index contributed by atoms with van der Waals surface area (Å²) in [6, 6.07) is 12.0. The lowest BCUT2D eigenvalue weighted by molar-refractivity contribution is -0.137. The second-order valence-corrected chi connectivity index (χ2v) is 9.36. The van der Waals surface area contributed by atoms with Crippen molar-refractivity contribution in [1.82, 2.24) is 9.80 Å². The molecule has 168 valence electrons. The van der Waals surface area contributed by atoms with Gasteiger partial charge in [0, 0.05) is 47.7 Å². The zero-order valence-electron chi connectivity index (χ0n) is 17.2. The summed E-state index contributed by atoms with van der Waals surface area (Å²) < 4.78 is 39.1. The molecule has 0 unspecified atom stereocenters. The van der Waals surface area contributed by atoms with E-state index in [1.54, 1.807) is 17.1 Å². The third-order valence-electron chi connectivity index (χ3n) is 6.22. The maximum Gasteiger partial charge on any atom is 0.416 e. The minimum Gasteiger partial charge on any atom is -0.339 e. The average Bonchev–Trinajstić information content (AvgIpc) is 2.76. The number of hydrogen-bond acceptors (Lipinski definition) is 2. The van der Waals surface area contributed by atoms with Crippen LogP contribution >= 0.6 is 15.9 Å².